The van der Waals surface area contributed by atoms with Crippen molar-refractivity contribution in [2.45, 2.75) is 61.2 Å². The highest BCUT2D eigenvalue weighted by Gasteiger charge is 2.21. The van der Waals surface area contributed by atoms with Gasteiger partial charge in [-0.15, -0.1) is 0 Å². The number of aliphatic hydroxyl groups excluding tert-OH is 2. The smallest absolute Gasteiger partial charge is 0.251 e. The Hall–Kier alpha value is -3.27. The van der Waals surface area contributed by atoms with Gasteiger partial charge in [0, 0.05) is 89.6 Å². The van der Waals surface area contributed by atoms with Crippen LogP contribution in [0.15, 0.2) is 95.7 Å². The summed E-state index contributed by atoms with van der Waals surface area (Å²) in [5.74, 6) is -0.604. The molecule has 2 amide bonds. The molecular formula is C42H44Cl4N2O4S. The number of halogens is 4. The highest BCUT2D eigenvalue weighted by atomic mass is 35.5. The highest BCUT2D eigenvalue weighted by Crippen LogP contribution is 2.42. The summed E-state index contributed by atoms with van der Waals surface area (Å²) in [6, 6.07) is 22.0. The molecule has 0 aromatic heterocycles. The third-order valence-electron chi connectivity index (χ3n) is 8.60. The molecule has 0 unspecified atom stereocenters. The Morgan fingerprint density at radius 1 is 0.547 bits per heavy atom. The lowest BCUT2D eigenvalue weighted by Crippen LogP contribution is -2.25. The number of unbranched alkanes of at least 4 members (excludes halogenated alkanes) is 6. The lowest BCUT2D eigenvalue weighted by atomic mass is 9.99. The van der Waals surface area contributed by atoms with Crippen LogP contribution < -0.4 is 10.6 Å². The zero-order valence-corrected chi connectivity index (χ0v) is 33.3. The molecule has 0 spiro atoms. The van der Waals surface area contributed by atoms with Gasteiger partial charge in [0.2, 0.25) is 0 Å². The Bertz CT molecular complexity index is 1800. The summed E-state index contributed by atoms with van der Waals surface area (Å²) < 4.78 is 0. The molecule has 0 heterocycles. The fourth-order valence-electron chi connectivity index (χ4n) is 5.65. The number of carbonyl (C=O) groups is 2. The highest BCUT2D eigenvalue weighted by molar-refractivity contribution is 7.99. The molecule has 0 radical (unpaired) electrons. The lowest BCUT2D eigenvalue weighted by Gasteiger charge is -2.18. The van der Waals surface area contributed by atoms with E-state index in [0.717, 1.165) is 83.4 Å². The van der Waals surface area contributed by atoms with Crippen LogP contribution in [-0.4, -0.2) is 48.3 Å². The molecule has 53 heavy (non-hydrogen) atoms. The Balaban J connectivity index is 1.72. The van der Waals surface area contributed by atoms with Crippen LogP contribution in [0.1, 0.15) is 62.5 Å². The normalized spacial score (nSPS) is 11.0. The van der Waals surface area contributed by atoms with E-state index in [1.54, 1.807) is 24.3 Å². The average Bonchev–Trinajstić information content (AvgIpc) is 3.14. The van der Waals surface area contributed by atoms with Gasteiger partial charge in [0.1, 0.15) is 0 Å². The van der Waals surface area contributed by atoms with Crippen molar-refractivity contribution in [2.75, 3.05) is 26.3 Å². The maximum absolute atomic E-state index is 13.5. The number of nitrogens with one attached hydrogen (secondary N) is 2. The second kappa shape index (κ2) is 21.6. The van der Waals surface area contributed by atoms with Crippen LogP contribution in [0, 0.1) is 0 Å². The lowest BCUT2D eigenvalue weighted by molar-refractivity contribution is -0.116. The van der Waals surface area contributed by atoms with Gasteiger partial charge in [-0.25, -0.2) is 0 Å². The molecule has 0 bridgehead atoms. The zero-order chi connectivity index (χ0) is 38.3. The van der Waals surface area contributed by atoms with Crippen molar-refractivity contribution in [1.29, 1.82) is 0 Å². The van der Waals surface area contributed by atoms with Crippen molar-refractivity contribution in [3.05, 3.63) is 117 Å². The second-order valence-corrected chi connectivity index (χ2v) is 15.3. The van der Waals surface area contributed by atoms with Crippen molar-refractivity contribution in [1.82, 2.24) is 10.6 Å². The first-order valence-corrected chi connectivity index (χ1v) is 19.9. The Morgan fingerprint density at radius 3 is 1.32 bits per heavy atom. The first kappa shape index (κ1) is 42.5. The van der Waals surface area contributed by atoms with Crippen LogP contribution in [0.5, 0.6) is 0 Å². The van der Waals surface area contributed by atoms with Crippen molar-refractivity contribution in [3.63, 3.8) is 0 Å². The molecule has 4 N–H and O–H groups in total. The molecule has 4 aromatic rings. The number of aliphatic hydroxyl groups is 2. The summed E-state index contributed by atoms with van der Waals surface area (Å²) >= 11 is 27.0. The summed E-state index contributed by atoms with van der Waals surface area (Å²) in [6.07, 6.45) is 6.57. The summed E-state index contributed by atoms with van der Waals surface area (Å²) in [4.78, 5) is 28.5. The molecule has 6 nitrogen and oxygen atoms in total. The SMILES string of the molecule is C=C(C(=O)NCCCCCCO)c1cc(-c2ccc(Cl)cc2Cl)ccc1Sc1ccc(-c2ccc(Cl)cc2Cl)cc1C(=C)C(=O)NCCCCCCO. The van der Waals surface area contributed by atoms with Gasteiger partial charge in [-0.2, -0.15) is 0 Å². The average molecular weight is 815 g/mol. The van der Waals surface area contributed by atoms with Gasteiger partial charge < -0.3 is 20.8 Å². The standard InChI is InChI=1S/C42H44Cl4N2O4S/c1-27(41(51)47-19-7-3-5-9-21-49)35-23-29(33-15-13-31(43)25-37(33)45)11-17-39(35)53-40-18-12-30(34-16-14-32(44)26-38(34)46)24-36(40)28(2)42(52)48-20-8-4-6-10-22-50/h11-18,23-26,49-50H,1-10,19-22H2,(H,47,51)(H,48,52). The minimum atomic E-state index is -0.302. The molecule has 0 fully saturated rings. The van der Waals surface area contributed by atoms with E-state index in [2.05, 4.69) is 23.8 Å². The number of hydrogen-bond donors (Lipinski definition) is 4. The molecule has 0 aliphatic heterocycles. The van der Waals surface area contributed by atoms with E-state index in [9.17, 15) is 9.59 Å². The number of carbonyl (C=O) groups excluding carboxylic acids is 2. The van der Waals surface area contributed by atoms with Crippen LogP contribution in [0.4, 0.5) is 0 Å². The van der Waals surface area contributed by atoms with Gasteiger partial charge in [0.25, 0.3) is 11.8 Å². The van der Waals surface area contributed by atoms with Crippen LogP contribution in [0.2, 0.25) is 20.1 Å². The van der Waals surface area contributed by atoms with E-state index in [1.807, 2.05) is 48.5 Å². The van der Waals surface area contributed by atoms with Crippen LogP contribution in [0.25, 0.3) is 33.4 Å². The van der Waals surface area contributed by atoms with Crippen molar-refractivity contribution < 1.29 is 19.8 Å². The maximum Gasteiger partial charge on any atom is 0.251 e. The fourth-order valence-corrected chi connectivity index (χ4v) is 7.78. The molecule has 4 rings (SSSR count). The minimum absolute atomic E-state index is 0.154. The Kier molecular flexibility index (Phi) is 17.3. The van der Waals surface area contributed by atoms with Crippen molar-refractivity contribution >= 4 is 81.1 Å². The summed E-state index contributed by atoms with van der Waals surface area (Å²) in [7, 11) is 0. The summed E-state index contributed by atoms with van der Waals surface area (Å²) in [5.41, 5.74) is 4.81. The molecule has 280 valence electrons. The molecule has 0 saturated carbocycles. The van der Waals surface area contributed by atoms with E-state index in [0.29, 0.717) is 44.3 Å². The first-order valence-electron chi connectivity index (χ1n) is 17.6. The maximum atomic E-state index is 13.5. The molecule has 4 aromatic carbocycles. The molecule has 0 aliphatic carbocycles. The number of hydrogen-bond acceptors (Lipinski definition) is 5. The summed E-state index contributed by atoms with van der Waals surface area (Å²) in [5, 5.41) is 26.1. The van der Waals surface area contributed by atoms with Gasteiger partial charge in [0.15, 0.2) is 0 Å². The molecule has 0 aliphatic rings. The number of benzene rings is 4. The monoisotopic (exact) mass is 812 g/mol. The number of rotatable bonds is 20. The van der Waals surface area contributed by atoms with Crippen LogP contribution in [0.3, 0.4) is 0 Å². The molecular weight excluding hydrogens is 770 g/mol. The third-order valence-corrected chi connectivity index (χ3v) is 10.9. The topological polar surface area (TPSA) is 98.7 Å². The quantitative estimate of drug-likeness (QED) is 0.0526. The molecule has 0 atom stereocenters. The number of amides is 2. The van der Waals surface area contributed by atoms with Gasteiger partial charge in [-0.1, -0.05) is 121 Å². The van der Waals surface area contributed by atoms with Crippen molar-refractivity contribution in [3.8, 4) is 22.3 Å². The largest absolute Gasteiger partial charge is 0.396 e. The third kappa shape index (κ3) is 12.4. The van der Waals surface area contributed by atoms with Gasteiger partial charge in [-0.3, -0.25) is 9.59 Å². The van der Waals surface area contributed by atoms with E-state index < -0.39 is 0 Å². The van der Waals surface area contributed by atoms with Crippen LogP contribution >= 0.6 is 58.2 Å². The summed E-state index contributed by atoms with van der Waals surface area (Å²) in [6.45, 7) is 9.68. The minimum Gasteiger partial charge on any atom is -0.396 e. The van der Waals surface area contributed by atoms with Gasteiger partial charge in [-0.05, 0) is 85.3 Å². The zero-order valence-electron chi connectivity index (χ0n) is 29.5. The van der Waals surface area contributed by atoms with Crippen molar-refractivity contribution in [2.24, 2.45) is 0 Å². The predicted molar refractivity (Wildman–Crippen MR) is 223 cm³/mol. The molecule has 11 heteroatoms. The van der Waals surface area contributed by atoms with E-state index >= 15 is 0 Å². The Labute approximate surface area is 336 Å². The van der Waals surface area contributed by atoms with E-state index in [4.69, 9.17) is 56.6 Å². The first-order chi connectivity index (χ1) is 25.5. The second-order valence-electron chi connectivity index (χ2n) is 12.5. The molecule has 0 saturated heterocycles. The van der Waals surface area contributed by atoms with Gasteiger partial charge in [0.05, 0.1) is 0 Å². The predicted octanol–water partition coefficient (Wildman–Crippen LogP) is 11.1. The van der Waals surface area contributed by atoms with Crippen LogP contribution in [-0.2, 0) is 9.59 Å². The van der Waals surface area contributed by atoms with Gasteiger partial charge >= 0.3 is 0 Å². The van der Waals surface area contributed by atoms with E-state index in [-0.39, 0.29) is 36.2 Å². The van der Waals surface area contributed by atoms with E-state index in [1.165, 1.54) is 11.8 Å². The fraction of sp³-hybridized carbons (Fsp3) is 0.286. The Morgan fingerprint density at radius 2 is 0.943 bits per heavy atom.